The minimum absolute atomic E-state index is 0.0659. The molecule has 1 aliphatic rings. The van der Waals surface area contributed by atoms with E-state index < -0.39 is 18.1 Å². The number of aliphatic hydroxyl groups excluding tert-OH is 1. The fourth-order valence-electron chi connectivity index (χ4n) is 1.74. The van der Waals surface area contributed by atoms with Gasteiger partial charge in [-0.05, 0) is 6.54 Å². The number of urea groups is 1. The van der Waals surface area contributed by atoms with Crippen molar-refractivity contribution in [1.82, 2.24) is 15.5 Å². The lowest BCUT2D eigenvalue weighted by Gasteiger charge is -2.32. The largest absolute Gasteiger partial charge is 0.479 e. The zero-order valence-electron chi connectivity index (χ0n) is 11.0. The maximum absolute atomic E-state index is 11.4. The summed E-state index contributed by atoms with van der Waals surface area (Å²) in [6.45, 7) is 5.32. The van der Waals surface area contributed by atoms with E-state index in [9.17, 15) is 9.59 Å². The lowest BCUT2D eigenvalue weighted by molar-refractivity contribution is -0.146. The summed E-state index contributed by atoms with van der Waals surface area (Å²) < 4.78 is 5.50. The van der Waals surface area contributed by atoms with Crippen LogP contribution in [0.3, 0.4) is 0 Å². The second kappa shape index (κ2) is 7.93. The SMILES string of the molecule is CCN1CCOC(CNC(=O)NCC(O)C(=O)O)C1. The molecule has 1 aliphatic heterocycles. The molecular weight excluding hydrogens is 254 g/mol. The van der Waals surface area contributed by atoms with Gasteiger partial charge in [0.05, 0.1) is 19.3 Å². The normalized spacial score (nSPS) is 21.7. The van der Waals surface area contributed by atoms with E-state index in [1.165, 1.54) is 0 Å². The lowest BCUT2D eigenvalue weighted by atomic mass is 10.2. The highest BCUT2D eigenvalue weighted by Crippen LogP contribution is 2.03. The molecule has 0 radical (unpaired) electrons. The number of aliphatic carboxylic acids is 1. The van der Waals surface area contributed by atoms with Gasteiger partial charge in [-0.1, -0.05) is 6.92 Å². The van der Waals surface area contributed by atoms with E-state index in [1.54, 1.807) is 0 Å². The highest BCUT2D eigenvalue weighted by Gasteiger charge is 2.20. The van der Waals surface area contributed by atoms with Gasteiger partial charge in [0.2, 0.25) is 0 Å². The van der Waals surface area contributed by atoms with Gasteiger partial charge in [-0.25, -0.2) is 9.59 Å². The van der Waals surface area contributed by atoms with Gasteiger partial charge in [0.15, 0.2) is 6.10 Å². The van der Waals surface area contributed by atoms with Crippen molar-refractivity contribution in [3.8, 4) is 0 Å². The van der Waals surface area contributed by atoms with Crippen LogP contribution < -0.4 is 10.6 Å². The van der Waals surface area contributed by atoms with Gasteiger partial charge >= 0.3 is 12.0 Å². The van der Waals surface area contributed by atoms with E-state index in [4.69, 9.17) is 14.9 Å². The number of carbonyl (C=O) groups is 2. The standard InChI is InChI=1S/C11H21N3O5/c1-2-14-3-4-19-8(7-14)5-12-11(18)13-6-9(15)10(16)17/h8-9,15H,2-7H2,1H3,(H,16,17)(H2,12,13,18). The van der Waals surface area contributed by atoms with Crippen LogP contribution in [0.5, 0.6) is 0 Å². The molecule has 1 saturated heterocycles. The molecule has 8 nitrogen and oxygen atoms in total. The molecule has 19 heavy (non-hydrogen) atoms. The van der Waals surface area contributed by atoms with E-state index in [2.05, 4.69) is 22.5 Å². The van der Waals surface area contributed by atoms with E-state index in [-0.39, 0.29) is 12.6 Å². The molecule has 2 atom stereocenters. The fourth-order valence-corrected chi connectivity index (χ4v) is 1.74. The first-order valence-electron chi connectivity index (χ1n) is 6.29. The summed E-state index contributed by atoms with van der Waals surface area (Å²) >= 11 is 0. The average Bonchev–Trinajstić information content (AvgIpc) is 2.42. The van der Waals surface area contributed by atoms with Crippen LogP contribution in [0.15, 0.2) is 0 Å². The molecule has 0 aromatic carbocycles. The molecule has 0 bridgehead atoms. The van der Waals surface area contributed by atoms with Crippen molar-refractivity contribution in [2.45, 2.75) is 19.1 Å². The number of morpholine rings is 1. The highest BCUT2D eigenvalue weighted by atomic mass is 16.5. The number of likely N-dealkylation sites (N-methyl/N-ethyl adjacent to an activating group) is 1. The fraction of sp³-hybridized carbons (Fsp3) is 0.818. The minimum Gasteiger partial charge on any atom is -0.479 e. The predicted molar refractivity (Wildman–Crippen MR) is 66.9 cm³/mol. The Morgan fingerprint density at radius 1 is 1.47 bits per heavy atom. The molecule has 4 N–H and O–H groups in total. The van der Waals surface area contributed by atoms with Crippen LogP contribution in [0.1, 0.15) is 6.92 Å². The van der Waals surface area contributed by atoms with Crippen molar-refractivity contribution in [2.75, 3.05) is 39.3 Å². The van der Waals surface area contributed by atoms with E-state index >= 15 is 0 Å². The monoisotopic (exact) mass is 275 g/mol. The number of ether oxygens (including phenoxy) is 1. The molecule has 0 aromatic rings. The molecular formula is C11H21N3O5. The number of carbonyl (C=O) groups excluding carboxylic acids is 1. The van der Waals surface area contributed by atoms with Gasteiger partial charge in [-0.2, -0.15) is 0 Å². The third-order valence-corrected chi connectivity index (χ3v) is 2.90. The molecule has 2 unspecified atom stereocenters. The molecule has 1 fully saturated rings. The van der Waals surface area contributed by atoms with Crippen molar-refractivity contribution in [3.63, 3.8) is 0 Å². The van der Waals surface area contributed by atoms with Crippen molar-refractivity contribution in [2.24, 2.45) is 0 Å². The van der Waals surface area contributed by atoms with Crippen LogP contribution in [-0.4, -0.2) is 78.7 Å². The first-order chi connectivity index (χ1) is 9.02. The molecule has 0 aromatic heterocycles. The lowest BCUT2D eigenvalue weighted by Crippen LogP contribution is -2.49. The number of rotatable bonds is 6. The zero-order chi connectivity index (χ0) is 14.3. The van der Waals surface area contributed by atoms with E-state index in [1.807, 2.05) is 0 Å². The molecule has 0 spiro atoms. The van der Waals surface area contributed by atoms with E-state index in [0.29, 0.717) is 13.2 Å². The average molecular weight is 275 g/mol. The molecule has 2 amide bonds. The third-order valence-electron chi connectivity index (χ3n) is 2.90. The number of carboxylic acid groups (broad SMARTS) is 1. The van der Waals surface area contributed by atoms with Gasteiger partial charge in [0.1, 0.15) is 0 Å². The number of amides is 2. The Hall–Kier alpha value is -1.38. The molecule has 1 rings (SSSR count). The van der Waals surface area contributed by atoms with Crippen molar-refractivity contribution < 1.29 is 24.5 Å². The zero-order valence-corrected chi connectivity index (χ0v) is 11.0. The van der Waals surface area contributed by atoms with E-state index in [0.717, 1.165) is 19.6 Å². The molecule has 0 aliphatic carbocycles. The van der Waals surface area contributed by atoms with Crippen molar-refractivity contribution in [3.05, 3.63) is 0 Å². The number of aliphatic hydroxyl groups is 1. The highest BCUT2D eigenvalue weighted by molar-refractivity contribution is 5.76. The second-order valence-electron chi connectivity index (χ2n) is 4.33. The van der Waals surface area contributed by atoms with Gasteiger partial charge in [0, 0.05) is 19.6 Å². The third kappa shape index (κ3) is 5.86. The van der Waals surface area contributed by atoms with Crippen LogP contribution in [-0.2, 0) is 9.53 Å². The maximum Gasteiger partial charge on any atom is 0.334 e. The van der Waals surface area contributed by atoms with Crippen LogP contribution in [0, 0.1) is 0 Å². The summed E-state index contributed by atoms with van der Waals surface area (Å²) in [6, 6.07) is -0.516. The number of hydrogen-bond donors (Lipinski definition) is 4. The number of hydrogen-bond acceptors (Lipinski definition) is 5. The summed E-state index contributed by atoms with van der Waals surface area (Å²) in [4.78, 5) is 23.9. The maximum atomic E-state index is 11.4. The van der Waals surface area contributed by atoms with Gasteiger partial charge in [-0.15, -0.1) is 0 Å². The quantitative estimate of drug-likeness (QED) is 0.467. The summed E-state index contributed by atoms with van der Waals surface area (Å²) in [6.07, 6.45) is -1.66. The molecule has 1 heterocycles. The Bertz CT molecular complexity index is 313. The van der Waals surface area contributed by atoms with Crippen LogP contribution >= 0.6 is 0 Å². The summed E-state index contributed by atoms with van der Waals surface area (Å²) in [7, 11) is 0. The predicted octanol–water partition coefficient (Wildman–Crippen LogP) is -1.55. The Kier molecular flexibility index (Phi) is 6.54. The molecule has 8 heteroatoms. The summed E-state index contributed by atoms with van der Waals surface area (Å²) in [5.41, 5.74) is 0. The topological polar surface area (TPSA) is 111 Å². The van der Waals surface area contributed by atoms with Crippen LogP contribution in [0.2, 0.25) is 0 Å². The van der Waals surface area contributed by atoms with Crippen molar-refractivity contribution in [1.29, 1.82) is 0 Å². The summed E-state index contributed by atoms with van der Waals surface area (Å²) in [5.74, 6) is -1.37. The second-order valence-corrected chi connectivity index (χ2v) is 4.33. The molecule has 0 saturated carbocycles. The first-order valence-corrected chi connectivity index (χ1v) is 6.29. The Labute approximate surface area is 111 Å². The Morgan fingerprint density at radius 2 is 2.21 bits per heavy atom. The smallest absolute Gasteiger partial charge is 0.334 e. The number of carboxylic acids is 1. The summed E-state index contributed by atoms with van der Waals surface area (Å²) in [5, 5.41) is 22.3. The van der Waals surface area contributed by atoms with Gasteiger partial charge < -0.3 is 25.6 Å². The Balaban J connectivity index is 2.17. The minimum atomic E-state index is -1.59. The van der Waals surface area contributed by atoms with Crippen molar-refractivity contribution >= 4 is 12.0 Å². The molecule has 110 valence electrons. The first kappa shape index (κ1) is 15.7. The van der Waals surface area contributed by atoms with Gasteiger partial charge in [-0.3, -0.25) is 4.90 Å². The van der Waals surface area contributed by atoms with Gasteiger partial charge in [0.25, 0.3) is 0 Å². The van der Waals surface area contributed by atoms with Crippen LogP contribution in [0.25, 0.3) is 0 Å². The number of nitrogens with one attached hydrogen (secondary N) is 2. The van der Waals surface area contributed by atoms with Crippen LogP contribution in [0.4, 0.5) is 4.79 Å². The Morgan fingerprint density at radius 3 is 2.84 bits per heavy atom. The number of nitrogens with zero attached hydrogens (tertiary/aromatic N) is 1.